The molecule has 0 aromatic heterocycles. The highest BCUT2D eigenvalue weighted by atomic mass is 16.5. The van der Waals surface area contributed by atoms with Crippen LogP contribution in [0.15, 0.2) is 0 Å². The maximum Gasteiger partial charge on any atom is 0.408 e. The maximum atomic E-state index is 12.3. The third-order valence-corrected chi connectivity index (χ3v) is 3.98. The van der Waals surface area contributed by atoms with E-state index >= 15 is 0 Å². The first-order valence-electron chi connectivity index (χ1n) is 6.41. The molecule has 1 aliphatic heterocycles. The Balaban J connectivity index is 2.92. The highest BCUT2D eigenvalue weighted by Crippen LogP contribution is 2.32. The minimum absolute atomic E-state index is 0.131. The van der Waals surface area contributed by atoms with Gasteiger partial charge in [-0.25, -0.2) is 9.59 Å². The Morgan fingerprint density at radius 2 is 1.95 bits per heavy atom. The van der Waals surface area contributed by atoms with Gasteiger partial charge < -0.3 is 14.9 Å². The summed E-state index contributed by atoms with van der Waals surface area (Å²) in [6, 6.07) is 0. The van der Waals surface area contributed by atoms with Gasteiger partial charge in [-0.2, -0.15) is 0 Å². The average Bonchev–Trinajstić information content (AvgIpc) is 2.55. The zero-order chi connectivity index (χ0) is 15.0. The van der Waals surface area contributed by atoms with Crippen LogP contribution in [-0.2, 0) is 9.53 Å². The Morgan fingerprint density at radius 3 is 2.37 bits per heavy atom. The number of ether oxygens (including phenoxy) is 1. The molecule has 0 saturated carbocycles. The van der Waals surface area contributed by atoms with Gasteiger partial charge in [0.05, 0.1) is 6.10 Å². The summed E-state index contributed by atoms with van der Waals surface area (Å²) in [5.41, 5.74) is -1.77. The van der Waals surface area contributed by atoms with E-state index in [0.29, 0.717) is 0 Å². The number of nitrogens with zero attached hydrogens (tertiary/aromatic N) is 1. The van der Waals surface area contributed by atoms with Gasteiger partial charge in [0.15, 0.2) is 5.54 Å². The van der Waals surface area contributed by atoms with Crippen molar-refractivity contribution in [2.45, 2.75) is 58.8 Å². The number of carboxylic acid groups (broad SMARTS) is 1. The molecule has 6 heteroatoms. The highest BCUT2D eigenvalue weighted by molar-refractivity contribution is 5.86. The van der Waals surface area contributed by atoms with Crippen LogP contribution in [-0.4, -0.2) is 51.5 Å². The molecule has 0 aromatic rings. The first kappa shape index (κ1) is 15.8. The number of aliphatic hydroxyl groups is 1. The van der Waals surface area contributed by atoms with E-state index in [9.17, 15) is 14.7 Å². The minimum atomic E-state index is -1.52. The van der Waals surface area contributed by atoms with Crippen LogP contribution in [0.5, 0.6) is 0 Å². The normalized spacial score (nSPS) is 29.2. The monoisotopic (exact) mass is 273 g/mol. The molecule has 0 bridgehead atoms. The lowest BCUT2D eigenvalue weighted by molar-refractivity contribution is -0.169. The van der Waals surface area contributed by atoms with Crippen molar-refractivity contribution in [2.75, 3.05) is 6.54 Å². The molecule has 0 radical (unpaired) electrons. The number of carbonyl (C=O) groups is 2. The predicted molar refractivity (Wildman–Crippen MR) is 68.8 cm³/mol. The van der Waals surface area contributed by atoms with Crippen molar-refractivity contribution >= 4 is 12.1 Å². The van der Waals surface area contributed by atoms with Crippen LogP contribution in [0, 0.1) is 5.41 Å². The molecule has 1 rings (SSSR count). The number of likely N-dealkylation sites (tertiary alicyclic amines) is 1. The van der Waals surface area contributed by atoms with Gasteiger partial charge in [-0.3, -0.25) is 4.90 Å². The Kier molecular flexibility index (Phi) is 4.14. The molecule has 6 nitrogen and oxygen atoms in total. The number of hydrogen-bond acceptors (Lipinski definition) is 4. The third-order valence-electron chi connectivity index (χ3n) is 3.98. The van der Waals surface area contributed by atoms with Gasteiger partial charge in [-0.15, -0.1) is 0 Å². The Labute approximate surface area is 113 Å². The third kappa shape index (κ3) is 2.83. The average molecular weight is 273 g/mol. The summed E-state index contributed by atoms with van der Waals surface area (Å²) in [7, 11) is 0. The molecule has 1 saturated heterocycles. The second-order valence-corrected chi connectivity index (χ2v) is 6.30. The fourth-order valence-corrected chi connectivity index (χ4v) is 1.94. The van der Waals surface area contributed by atoms with Gasteiger partial charge >= 0.3 is 12.1 Å². The Morgan fingerprint density at radius 1 is 1.42 bits per heavy atom. The summed E-state index contributed by atoms with van der Waals surface area (Å²) >= 11 is 0. The standard InChI is InChI=1S/C13H23NO5/c1-8(12(2,3)4)19-10(16)13(5)9(15)6-7-14(13)11(17)18/h8-9,15H,6-7H2,1-5H3,(H,17,18). The molecule has 1 heterocycles. The quantitative estimate of drug-likeness (QED) is 0.744. The van der Waals surface area contributed by atoms with E-state index in [1.165, 1.54) is 6.92 Å². The van der Waals surface area contributed by atoms with Crippen LogP contribution in [0.2, 0.25) is 0 Å². The smallest absolute Gasteiger partial charge is 0.408 e. The van der Waals surface area contributed by atoms with Gasteiger partial charge in [-0.05, 0) is 25.7 Å². The van der Waals surface area contributed by atoms with E-state index in [2.05, 4.69) is 0 Å². The van der Waals surface area contributed by atoms with Crippen LogP contribution in [0.25, 0.3) is 0 Å². The van der Waals surface area contributed by atoms with Crippen LogP contribution in [0.1, 0.15) is 41.0 Å². The van der Waals surface area contributed by atoms with Crippen LogP contribution in [0.4, 0.5) is 4.79 Å². The number of esters is 1. The topological polar surface area (TPSA) is 87.1 Å². The zero-order valence-electron chi connectivity index (χ0n) is 12.1. The fourth-order valence-electron chi connectivity index (χ4n) is 1.94. The van der Waals surface area contributed by atoms with Crippen molar-refractivity contribution in [3.05, 3.63) is 0 Å². The van der Waals surface area contributed by atoms with Gasteiger partial charge in [0, 0.05) is 6.54 Å². The molecule has 0 aromatic carbocycles. The molecular formula is C13H23NO5. The lowest BCUT2D eigenvalue weighted by atomic mass is 9.89. The minimum Gasteiger partial charge on any atom is -0.465 e. The molecule has 3 atom stereocenters. The SMILES string of the molecule is CC(OC(=O)C1(C)C(O)CCN1C(=O)O)C(C)(C)C. The van der Waals surface area contributed by atoms with Crippen molar-refractivity contribution in [2.24, 2.45) is 5.41 Å². The second kappa shape index (κ2) is 5.00. The first-order chi connectivity index (χ1) is 8.51. The van der Waals surface area contributed by atoms with E-state index in [-0.39, 0.29) is 24.5 Å². The number of amides is 1. The number of aliphatic hydroxyl groups excluding tert-OH is 1. The molecule has 1 amide bonds. The van der Waals surface area contributed by atoms with Gasteiger partial charge in [0.25, 0.3) is 0 Å². The van der Waals surface area contributed by atoms with E-state index in [0.717, 1.165) is 4.90 Å². The Bertz CT molecular complexity index is 376. The van der Waals surface area contributed by atoms with Gasteiger partial charge in [-0.1, -0.05) is 20.8 Å². The lowest BCUT2D eigenvalue weighted by Gasteiger charge is -2.36. The first-order valence-corrected chi connectivity index (χ1v) is 6.41. The van der Waals surface area contributed by atoms with Crippen LogP contribution in [0.3, 0.4) is 0 Å². The van der Waals surface area contributed by atoms with E-state index in [1.807, 2.05) is 20.8 Å². The highest BCUT2D eigenvalue weighted by Gasteiger charge is 2.54. The molecule has 3 unspecified atom stereocenters. The predicted octanol–water partition coefficient (Wildman–Crippen LogP) is 1.47. The van der Waals surface area contributed by atoms with Crippen molar-refractivity contribution in [3.63, 3.8) is 0 Å². The molecule has 1 aliphatic rings. The summed E-state index contributed by atoms with van der Waals surface area (Å²) in [6.07, 6.45) is -2.40. The molecule has 1 fully saturated rings. The summed E-state index contributed by atoms with van der Waals surface area (Å²) in [6.45, 7) is 9.07. The summed E-state index contributed by atoms with van der Waals surface area (Å²) in [5, 5.41) is 19.1. The number of rotatable bonds is 2. The van der Waals surface area contributed by atoms with Gasteiger partial charge in [0.2, 0.25) is 0 Å². The number of carbonyl (C=O) groups excluding carboxylic acids is 1. The fraction of sp³-hybridized carbons (Fsp3) is 0.846. The lowest BCUT2D eigenvalue weighted by Crippen LogP contribution is -2.57. The maximum absolute atomic E-state index is 12.3. The van der Waals surface area contributed by atoms with E-state index < -0.39 is 23.7 Å². The van der Waals surface area contributed by atoms with Crippen LogP contribution < -0.4 is 0 Å². The number of hydrogen-bond donors (Lipinski definition) is 2. The largest absolute Gasteiger partial charge is 0.465 e. The molecule has 0 aliphatic carbocycles. The molecular weight excluding hydrogens is 250 g/mol. The van der Waals surface area contributed by atoms with Crippen molar-refractivity contribution in [3.8, 4) is 0 Å². The Hall–Kier alpha value is -1.30. The van der Waals surface area contributed by atoms with Crippen molar-refractivity contribution in [1.82, 2.24) is 4.90 Å². The molecule has 19 heavy (non-hydrogen) atoms. The van der Waals surface area contributed by atoms with Crippen LogP contribution >= 0.6 is 0 Å². The van der Waals surface area contributed by atoms with E-state index in [4.69, 9.17) is 9.84 Å². The summed E-state index contributed by atoms with van der Waals surface area (Å²) in [4.78, 5) is 24.4. The van der Waals surface area contributed by atoms with Crippen molar-refractivity contribution < 1.29 is 24.5 Å². The van der Waals surface area contributed by atoms with Gasteiger partial charge in [0.1, 0.15) is 6.10 Å². The second-order valence-electron chi connectivity index (χ2n) is 6.30. The summed E-state index contributed by atoms with van der Waals surface area (Å²) in [5.74, 6) is -0.692. The molecule has 0 spiro atoms. The summed E-state index contributed by atoms with van der Waals surface area (Å²) < 4.78 is 5.35. The zero-order valence-corrected chi connectivity index (χ0v) is 12.1. The van der Waals surface area contributed by atoms with Crippen molar-refractivity contribution in [1.29, 1.82) is 0 Å². The molecule has 2 N–H and O–H groups in total. The molecule has 110 valence electrons. The van der Waals surface area contributed by atoms with E-state index in [1.54, 1.807) is 6.92 Å².